The average molecular weight is 348 g/mol. The second-order valence-electron chi connectivity index (χ2n) is 7.54. The van der Waals surface area contributed by atoms with Crippen molar-refractivity contribution in [2.24, 2.45) is 17.6 Å². The number of oxazole rings is 1. The molecule has 1 saturated heterocycles. The van der Waals surface area contributed by atoms with E-state index in [1.807, 2.05) is 4.90 Å². The number of carbonyl (C=O) groups is 2. The van der Waals surface area contributed by atoms with Gasteiger partial charge in [0.25, 0.3) is 0 Å². The molecule has 1 aromatic heterocycles. The molecule has 1 unspecified atom stereocenters. The maximum Gasteiger partial charge on any atom is 0.314 e. The number of carbonyl (C=O) groups excluding carboxylic acids is 2. The number of nitrogens with two attached hydrogens (primary N) is 1. The number of hydrogen-bond acceptors (Lipinski definition) is 4. The minimum Gasteiger partial charge on any atom is -0.445 e. The van der Waals surface area contributed by atoms with Crippen molar-refractivity contribution in [1.82, 2.24) is 14.8 Å². The molecular weight excluding hydrogens is 320 g/mol. The van der Waals surface area contributed by atoms with E-state index in [9.17, 15) is 9.59 Å². The number of hydrogen-bond donors (Lipinski definition) is 1. The monoisotopic (exact) mass is 348 g/mol. The lowest BCUT2D eigenvalue weighted by molar-refractivity contribution is -0.138. The Hall–Kier alpha value is -2.05. The molecule has 25 heavy (non-hydrogen) atoms. The Morgan fingerprint density at radius 1 is 1.32 bits per heavy atom. The molecule has 3 rings (SSSR count). The number of nitrogens with zero attached hydrogens (tertiary/aromatic N) is 3. The fourth-order valence-corrected chi connectivity index (χ4v) is 3.60. The number of aromatic nitrogens is 1. The molecule has 1 fully saturated rings. The molecule has 0 radical (unpaired) electrons. The van der Waals surface area contributed by atoms with Gasteiger partial charge in [-0.25, -0.2) is 9.78 Å². The first-order chi connectivity index (χ1) is 11.9. The van der Waals surface area contributed by atoms with Crippen molar-refractivity contribution < 1.29 is 14.0 Å². The number of likely N-dealkylation sites (tertiary alicyclic amines) is 1. The van der Waals surface area contributed by atoms with E-state index in [4.69, 9.17) is 10.2 Å². The minimum atomic E-state index is -0.440. The number of piperidine rings is 1. The van der Waals surface area contributed by atoms with E-state index < -0.39 is 6.03 Å². The average Bonchev–Trinajstić information content (AvgIpc) is 3.01. The molecule has 3 amide bonds. The molecule has 0 saturated carbocycles. The van der Waals surface area contributed by atoms with Gasteiger partial charge in [-0.05, 0) is 25.2 Å². The second-order valence-corrected chi connectivity index (χ2v) is 7.54. The molecule has 2 N–H and O–H groups in total. The Balaban J connectivity index is 1.62. The summed E-state index contributed by atoms with van der Waals surface area (Å²) in [6, 6.07) is -0.440. The molecular formula is C18H28N4O3. The highest BCUT2D eigenvalue weighted by atomic mass is 16.4. The molecule has 2 aliphatic heterocycles. The predicted octanol–water partition coefficient (Wildman–Crippen LogP) is 1.94. The molecule has 1 aromatic rings. The number of aryl methyl sites for hydroxylation is 1. The maximum absolute atomic E-state index is 12.8. The van der Waals surface area contributed by atoms with Gasteiger partial charge in [0.15, 0.2) is 5.89 Å². The van der Waals surface area contributed by atoms with Gasteiger partial charge in [-0.15, -0.1) is 0 Å². The van der Waals surface area contributed by atoms with Crippen molar-refractivity contribution in [3.63, 3.8) is 0 Å². The van der Waals surface area contributed by atoms with Crippen molar-refractivity contribution in [2.45, 2.75) is 52.5 Å². The van der Waals surface area contributed by atoms with Crippen molar-refractivity contribution >= 4 is 11.9 Å². The van der Waals surface area contributed by atoms with Crippen LogP contribution >= 0.6 is 0 Å². The van der Waals surface area contributed by atoms with Crippen molar-refractivity contribution in [2.75, 3.05) is 19.6 Å². The van der Waals surface area contributed by atoms with Gasteiger partial charge < -0.3 is 20.0 Å². The Labute approximate surface area is 148 Å². The minimum absolute atomic E-state index is 0.100. The summed E-state index contributed by atoms with van der Waals surface area (Å²) < 4.78 is 5.86. The number of primary amides is 1. The van der Waals surface area contributed by atoms with Crippen molar-refractivity contribution in [1.29, 1.82) is 0 Å². The Morgan fingerprint density at radius 2 is 2.12 bits per heavy atom. The SMILES string of the molecule is CC(C)CCc1nc2c(o1)CCN(C(=O)C1CCCN(C(N)=O)C1)C2. The second kappa shape index (κ2) is 7.45. The summed E-state index contributed by atoms with van der Waals surface area (Å²) in [6.07, 6.45) is 4.23. The number of fused-ring (bicyclic) bond motifs is 1. The van der Waals surface area contributed by atoms with Crippen LogP contribution in [0.5, 0.6) is 0 Å². The van der Waals surface area contributed by atoms with Crippen LogP contribution in [0, 0.1) is 11.8 Å². The lowest BCUT2D eigenvalue weighted by atomic mass is 9.96. The summed E-state index contributed by atoms with van der Waals surface area (Å²) >= 11 is 0. The normalized spacial score (nSPS) is 20.7. The summed E-state index contributed by atoms with van der Waals surface area (Å²) in [5.74, 6) is 2.26. The van der Waals surface area contributed by atoms with E-state index >= 15 is 0 Å². The molecule has 0 bridgehead atoms. The first-order valence-electron chi connectivity index (χ1n) is 9.24. The first kappa shape index (κ1) is 17.8. The van der Waals surface area contributed by atoms with Gasteiger partial charge in [0.1, 0.15) is 11.5 Å². The molecule has 138 valence electrons. The standard InChI is InChI=1S/C18H28N4O3/c1-12(2)5-6-16-20-14-11-21(9-7-15(14)25-16)17(23)13-4-3-8-22(10-13)18(19)24/h12-13H,3-11H2,1-2H3,(H2,19,24). The molecule has 7 nitrogen and oxygen atoms in total. The molecule has 0 spiro atoms. The van der Waals surface area contributed by atoms with Crippen LogP contribution in [0.2, 0.25) is 0 Å². The van der Waals surface area contributed by atoms with E-state index in [0.717, 1.165) is 43.0 Å². The van der Waals surface area contributed by atoms with Crippen LogP contribution < -0.4 is 5.73 Å². The fourth-order valence-electron chi connectivity index (χ4n) is 3.60. The first-order valence-corrected chi connectivity index (χ1v) is 9.24. The van der Waals surface area contributed by atoms with Gasteiger partial charge >= 0.3 is 6.03 Å². The quantitative estimate of drug-likeness (QED) is 0.900. The Morgan fingerprint density at radius 3 is 2.84 bits per heavy atom. The summed E-state index contributed by atoms with van der Waals surface area (Å²) in [6.45, 7) is 6.59. The van der Waals surface area contributed by atoms with Crippen molar-refractivity contribution in [3.05, 3.63) is 17.3 Å². The third kappa shape index (κ3) is 4.14. The highest BCUT2D eigenvalue weighted by Gasteiger charge is 2.33. The highest BCUT2D eigenvalue weighted by Crippen LogP contribution is 2.25. The zero-order valence-electron chi connectivity index (χ0n) is 15.2. The van der Waals surface area contributed by atoms with Gasteiger partial charge in [0, 0.05) is 32.5 Å². The van der Waals surface area contributed by atoms with E-state index in [1.165, 1.54) is 0 Å². The van der Waals surface area contributed by atoms with Crippen LogP contribution in [0.4, 0.5) is 4.79 Å². The zero-order chi connectivity index (χ0) is 18.0. The van der Waals surface area contributed by atoms with Gasteiger partial charge in [-0.2, -0.15) is 0 Å². The van der Waals surface area contributed by atoms with Crippen LogP contribution in [0.25, 0.3) is 0 Å². The fraction of sp³-hybridized carbons (Fsp3) is 0.722. The molecule has 7 heteroatoms. The van der Waals surface area contributed by atoms with Gasteiger partial charge in [0.2, 0.25) is 5.91 Å². The predicted molar refractivity (Wildman–Crippen MR) is 92.7 cm³/mol. The Kier molecular flexibility index (Phi) is 5.30. The molecule has 2 aliphatic rings. The smallest absolute Gasteiger partial charge is 0.314 e. The zero-order valence-corrected chi connectivity index (χ0v) is 15.2. The summed E-state index contributed by atoms with van der Waals surface area (Å²) in [5, 5.41) is 0. The lowest BCUT2D eigenvalue weighted by Gasteiger charge is -2.35. The van der Waals surface area contributed by atoms with Crippen LogP contribution in [-0.4, -0.2) is 46.4 Å². The highest BCUT2D eigenvalue weighted by molar-refractivity contribution is 5.80. The van der Waals surface area contributed by atoms with E-state index in [1.54, 1.807) is 4.90 Å². The largest absolute Gasteiger partial charge is 0.445 e. The maximum atomic E-state index is 12.8. The molecule has 0 aromatic carbocycles. The summed E-state index contributed by atoms with van der Waals surface area (Å²) in [7, 11) is 0. The van der Waals surface area contributed by atoms with Crippen LogP contribution in [-0.2, 0) is 24.2 Å². The summed E-state index contributed by atoms with van der Waals surface area (Å²) in [5.41, 5.74) is 6.25. The van der Waals surface area contributed by atoms with Crippen LogP contribution in [0.1, 0.15) is 50.5 Å². The van der Waals surface area contributed by atoms with E-state index in [2.05, 4.69) is 18.8 Å². The molecule has 3 heterocycles. The summed E-state index contributed by atoms with van der Waals surface area (Å²) in [4.78, 5) is 32.2. The molecule has 0 aliphatic carbocycles. The molecule has 1 atom stereocenters. The van der Waals surface area contributed by atoms with E-state index in [-0.39, 0.29) is 11.8 Å². The third-order valence-corrected chi connectivity index (χ3v) is 5.10. The number of urea groups is 1. The van der Waals surface area contributed by atoms with Crippen molar-refractivity contribution in [3.8, 4) is 0 Å². The number of rotatable bonds is 4. The van der Waals surface area contributed by atoms with Crippen LogP contribution in [0.3, 0.4) is 0 Å². The van der Waals surface area contributed by atoms with Crippen LogP contribution in [0.15, 0.2) is 4.42 Å². The van der Waals surface area contributed by atoms with E-state index in [0.29, 0.717) is 38.5 Å². The topological polar surface area (TPSA) is 92.7 Å². The van der Waals surface area contributed by atoms with Gasteiger partial charge in [0.05, 0.1) is 12.5 Å². The number of amides is 3. The van der Waals surface area contributed by atoms with Gasteiger partial charge in [-0.1, -0.05) is 13.8 Å². The third-order valence-electron chi connectivity index (χ3n) is 5.10. The lowest BCUT2D eigenvalue weighted by Crippen LogP contribution is -2.49. The Bertz CT molecular complexity index is 640. The van der Waals surface area contributed by atoms with Gasteiger partial charge in [-0.3, -0.25) is 4.79 Å².